The molecule has 0 spiro atoms. The van der Waals surface area contributed by atoms with Gasteiger partial charge in [0, 0.05) is 17.0 Å². The van der Waals surface area contributed by atoms with E-state index in [0.717, 1.165) is 5.39 Å². The van der Waals surface area contributed by atoms with Crippen molar-refractivity contribution in [2.75, 3.05) is 6.79 Å². The second-order valence-electron chi connectivity index (χ2n) is 4.38. The molecule has 0 bridgehead atoms. The van der Waals surface area contributed by atoms with E-state index < -0.39 is 5.97 Å². The normalized spacial score (nSPS) is 12.9. The predicted molar refractivity (Wildman–Crippen MR) is 66.8 cm³/mol. The summed E-state index contributed by atoms with van der Waals surface area (Å²) >= 11 is 0. The molecule has 0 saturated heterocycles. The van der Waals surface area contributed by atoms with E-state index in [-0.39, 0.29) is 24.3 Å². The van der Waals surface area contributed by atoms with Crippen LogP contribution in [-0.2, 0) is 11.2 Å². The molecule has 6 heteroatoms. The number of H-pyrrole nitrogens is 1. The lowest BCUT2D eigenvalue weighted by Crippen LogP contribution is -2.18. The first-order valence-electron chi connectivity index (χ1n) is 5.73. The molecule has 1 aromatic carbocycles. The topological polar surface area (TPSA) is 88.6 Å². The molecule has 0 unspecified atom stereocenters. The third-order valence-electron chi connectivity index (χ3n) is 3.22. The van der Waals surface area contributed by atoms with Crippen LogP contribution in [-0.4, -0.2) is 22.9 Å². The summed E-state index contributed by atoms with van der Waals surface area (Å²) in [6, 6.07) is 3.45. The van der Waals surface area contributed by atoms with Gasteiger partial charge in [-0.3, -0.25) is 9.59 Å². The van der Waals surface area contributed by atoms with E-state index in [4.69, 9.17) is 14.6 Å². The van der Waals surface area contributed by atoms with Crippen LogP contribution in [0.15, 0.2) is 16.9 Å². The van der Waals surface area contributed by atoms with E-state index >= 15 is 0 Å². The number of rotatable bonds is 2. The Morgan fingerprint density at radius 2 is 2.05 bits per heavy atom. The Balaban J connectivity index is 2.29. The molecule has 2 aromatic rings. The third-order valence-corrected chi connectivity index (χ3v) is 3.22. The third kappa shape index (κ3) is 1.81. The fourth-order valence-corrected chi connectivity index (χ4v) is 2.25. The monoisotopic (exact) mass is 261 g/mol. The zero-order chi connectivity index (χ0) is 13.6. The van der Waals surface area contributed by atoms with Crippen molar-refractivity contribution in [3.8, 4) is 11.5 Å². The number of hydrogen-bond donors (Lipinski definition) is 2. The first kappa shape index (κ1) is 11.6. The summed E-state index contributed by atoms with van der Waals surface area (Å²) in [5, 5.41) is 9.61. The number of aryl methyl sites for hydroxylation is 1. The summed E-state index contributed by atoms with van der Waals surface area (Å²) in [4.78, 5) is 25.4. The summed E-state index contributed by atoms with van der Waals surface area (Å²) in [5.74, 6) is 0.145. The summed E-state index contributed by atoms with van der Waals surface area (Å²) in [5.41, 5.74) is 1.14. The number of benzene rings is 1. The zero-order valence-corrected chi connectivity index (χ0v) is 10.1. The molecular formula is C13H11NO5. The maximum atomic E-state index is 11.9. The van der Waals surface area contributed by atoms with E-state index in [1.807, 2.05) is 0 Å². The molecule has 0 amide bonds. The van der Waals surface area contributed by atoms with Crippen molar-refractivity contribution in [3.05, 3.63) is 33.6 Å². The summed E-state index contributed by atoms with van der Waals surface area (Å²) in [6.07, 6.45) is -0.300. The van der Waals surface area contributed by atoms with Gasteiger partial charge in [0.25, 0.3) is 5.56 Å². The van der Waals surface area contributed by atoms with Crippen molar-refractivity contribution >= 4 is 16.9 Å². The number of aliphatic carboxylic acids is 1. The lowest BCUT2D eigenvalue weighted by molar-refractivity contribution is -0.136. The minimum atomic E-state index is -1.03. The molecule has 98 valence electrons. The SMILES string of the molecule is Cc1c(CC(=O)O)c(=O)[nH]c2cc3c(cc12)OCO3. The molecule has 0 fully saturated rings. The van der Waals surface area contributed by atoms with Gasteiger partial charge in [-0.05, 0) is 18.6 Å². The number of carbonyl (C=O) groups is 1. The Morgan fingerprint density at radius 1 is 1.37 bits per heavy atom. The fourth-order valence-electron chi connectivity index (χ4n) is 2.25. The van der Waals surface area contributed by atoms with Crippen LogP contribution in [0, 0.1) is 6.92 Å². The van der Waals surface area contributed by atoms with Crippen LogP contribution in [0.4, 0.5) is 0 Å². The molecule has 0 saturated carbocycles. The van der Waals surface area contributed by atoms with Gasteiger partial charge >= 0.3 is 5.97 Å². The van der Waals surface area contributed by atoms with Crippen molar-refractivity contribution in [3.63, 3.8) is 0 Å². The lowest BCUT2D eigenvalue weighted by Gasteiger charge is -2.08. The van der Waals surface area contributed by atoms with Gasteiger partial charge in [-0.15, -0.1) is 0 Å². The second-order valence-corrected chi connectivity index (χ2v) is 4.38. The largest absolute Gasteiger partial charge is 0.481 e. The van der Waals surface area contributed by atoms with Gasteiger partial charge in [0.2, 0.25) is 6.79 Å². The van der Waals surface area contributed by atoms with Crippen LogP contribution in [0.25, 0.3) is 10.9 Å². The van der Waals surface area contributed by atoms with E-state index in [0.29, 0.717) is 22.6 Å². The Bertz CT molecular complexity index is 747. The minimum absolute atomic E-state index is 0.150. The van der Waals surface area contributed by atoms with Gasteiger partial charge in [-0.1, -0.05) is 0 Å². The van der Waals surface area contributed by atoms with E-state index in [1.54, 1.807) is 19.1 Å². The number of fused-ring (bicyclic) bond motifs is 2. The molecule has 6 nitrogen and oxygen atoms in total. The number of pyridine rings is 1. The number of aromatic nitrogens is 1. The van der Waals surface area contributed by atoms with Crippen LogP contribution < -0.4 is 15.0 Å². The fraction of sp³-hybridized carbons (Fsp3) is 0.231. The number of carboxylic acid groups (broad SMARTS) is 1. The van der Waals surface area contributed by atoms with Crippen molar-refractivity contribution in [2.24, 2.45) is 0 Å². The Labute approximate surface area is 107 Å². The summed E-state index contributed by atoms with van der Waals surface area (Å²) in [7, 11) is 0. The van der Waals surface area contributed by atoms with Crippen LogP contribution in [0.1, 0.15) is 11.1 Å². The van der Waals surface area contributed by atoms with Crippen LogP contribution in [0.3, 0.4) is 0 Å². The van der Waals surface area contributed by atoms with Gasteiger partial charge in [0.15, 0.2) is 11.5 Å². The van der Waals surface area contributed by atoms with Gasteiger partial charge < -0.3 is 19.6 Å². The highest BCUT2D eigenvalue weighted by Gasteiger charge is 2.18. The molecule has 1 aliphatic heterocycles. The quantitative estimate of drug-likeness (QED) is 0.847. The van der Waals surface area contributed by atoms with Gasteiger partial charge in [0.05, 0.1) is 11.9 Å². The average Bonchev–Trinajstić information content (AvgIpc) is 2.79. The summed E-state index contributed by atoms with van der Waals surface area (Å²) < 4.78 is 10.5. The number of aromatic amines is 1. The van der Waals surface area contributed by atoms with Crippen molar-refractivity contribution < 1.29 is 19.4 Å². The molecular weight excluding hydrogens is 250 g/mol. The molecule has 2 N–H and O–H groups in total. The first-order chi connectivity index (χ1) is 9.06. The lowest BCUT2D eigenvalue weighted by atomic mass is 10.0. The van der Waals surface area contributed by atoms with Crippen molar-refractivity contribution in [1.29, 1.82) is 0 Å². The predicted octanol–water partition coefficient (Wildman–Crippen LogP) is 1.19. The number of nitrogens with one attached hydrogen (secondary N) is 1. The Morgan fingerprint density at radius 3 is 2.74 bits per heavy atom. The number of hydrogen-bond acceptors (Lipinski definition) is 4. The van der Waals surface area contributed by atoms with E-state index in [2.05, 4.69) is 4.98 Å². The molecule has 2 heterocycles. The maximum absolute atomic E-state index is 11.9. The molecule has 1 aliphatic rings. The van der Waals surface area contributed by atoms with Crippen LogP contribution >= 0.6 is 0 Å². The van der Waals surface area contributed by atoms with E-state index in [1.165, 1.54) is 0 Å². The van der Waals surface area contributed by atoms with Crippen molar-refractivity contribution in [2.45, 2.75) is 13.3 Å². The van der Waals surface area contributed by atoms with Gasteiger partial charge in [-0.25, -0.2) is 0 Å². The smallest absolute Gasteiger partial charge is 0.308 e. The second kappa shape index (κ2) is 4.01. The standard InChI is InChI=1S/C13H11NO5/c1-6-7-2-10-11(19-5-18-10)4-9(7)14-13(17)8(6)3-12(15)16/h2,4H,3,5H2,1H3,(H,14,17)(H,15,16). The number of ether oxygens (including phenoxy) is 2. The first-order valence-corrected chi connectivity index (χ1v) is 5.73. The van der Waals surface area contributed by atoms with Crippen molar-refractivity contribution in [1.82, 2.24) is 4.98 Å². The zero-order valence-electron chi connectivity index (χ0n) is 10.1. The van der Waals surface area contributed by atoms with E-state index in [9.17, 15) is 9.59 Å². The minimum Gasteiger partial charge on any atom is -0.481 e. The molecule has 3 rings (SSSR count). The summed E-state index contributed by atoms with van der Waals surface area (Å²) in [6.45, 7) is 1.88. The average molecular weight is 261 g/mol. The molecule has 19 heavy (non-hydrogen) atoms. The Hall–Kier alpha value is -2.50. The highest BCUT2D eigenvalue weighted by Crippen LogP contribution is 2.36. The molecule has 0 aliphatic carbocycles. The van der Waals surface area contributed by atoms with Gasteiger partial charge in [-0.2, -0.15) is 0 Å². The molecule has 0 radical (unpaired) electrons. The maximum Gasteiger partial charge on any atom is 0.308 e. The Kier molecular flexibility index (Phi) is 2.45. The molecule has 0 atom stereocenters. The number of carboxylic acids is 1. The van der Waals surface area contributed by atoms with Crippen LogP contribution in [0.2, 0.25) is 0 Å². The highest BCUT2D eigenvalue weighted by molar-refractivity contribution is 5.87. The molecule has 1 aromatic heterocycles. The highest BCUT2D eigenvalue weighted by atomic mass is 16.7. The van der Waals surface area contributed by atoms with Gasteiger partial charge in [0.1, 0.15) is 0 Å². The van der Waals surface area contributed by atoms with Crippen LogP contribution in [0.5, 0.6) is 11.5 Å².